The molecule has 2 fully saturated rings. The predicted octanol–water partition coefficient (Wildman–Crippen LogP) is 2.10. The van der Waals surface area contributed by atoms with Crippen LogP contribution in [0.5, 0.6) is 0 Å². The van der Waals surface area contributed by atoms with Gasteiger partial charge in [-0.1, -0.05) is 18.6 Å². The monoisotopic (exact) mass is 294 g/mol. The average molecular weight is 294 g/mol. The smallest absolute Gasteiger partial charge is 0.243 e. The average Bonchev–Trinajstić information content (AvgIpc) is 2.95. The van der Waals surface area contributed by atoms with Gasteiger partial charge in [-0.3, -0.25) is 0 Å². The van der Waals surface area contributed by atoms with Crippen LogP contribution >= 0.6 is 0 Å². The fraction of sp³-hybridized carbons (Fsp3) is 0.600. The summed E-state index contributed by atoms with van der Waals surface area (Å²) in [6, 6.07) is 7.22. The molecule has 0 radical (unpaired) electrons. The molecule has 1 aromatic carbocycles. The summed E-state index contributed by atoms with van der Waals surface area (Å²) in [6.45, 7) is 1.11. The van der Waals surface area contributed by atoms with Gasteiger partial charge in [0.25, 0.3) is 0 Å². The number of fused-ring (bicyclic) bond motifs is 1. The summed E-state index contributed by atoms with van der Waals surface area (Å²) in [5, 5.41) is 0. The number of nitrogens with zero attached hydrogens (tertiary/aromatic N) is 1. The zero-order valence-corrected chi connectivity index (χ0v) is 12.5. The quantitative estimate of drug-likeness (QED) is 0.928. The molecule has 20 heavy (non-hydrogen) atoms. The molecule has 3 rings (SSSR count). The number of piperidine rings is 1. The van der Waals surface area contributed by atoms with E-state index in [1.54, 1.807) is 16.4 Å². The van der Waals surface area contributed by atoms with Crippen molar-refractivity contribution in [3.63, 3.8) is 0 Å². The summed E-state index contributed by atoms with van der Waals surface area (Å²) in [7, 11) is -3.35. The van der Waals surface area contributed by atoms with E-state index in [9.17, 15) is 8.42 Å². The molecule has 2 unspecified atom stereocenters. The van der Waals surface area contributed by atoms with E-state index in [1.807, 2.05) is 12.1 Å². The van der Waals surface area contributed by atoms with Gasteiger partial charge in [0.1, 0.15) is 0 Å². The summed E-state index contributed by atoms with van der Waals surface area (Å²) in [6.07, 6.45) is 5.53. The Balaban J connectivity index is 1.89. The van der Waals surface area contributed by atoms with Gasteiger partial charge in [-0.15, -0.1) is 0 Å². The Morgan fingerprint density at radius 2 is 1.80 bits per heavy atom. The highest BCUT2D eigenvalue weighted by molar-refractivity contribution is 7.89. The molecule has 0 bridgehead atoms. The number of hydrogen-bond donors (Lipinski definition) is 1. The normalized spacial score (nSPS) is 27.4. The molecule has 2 aliphatic rings. The van der Waals surface area contributed by atoms with Gasteiger partial charge in [0.05, 0.1) is 4.90 Å². The summed E-state index contributed by atoms with van der Waals surface area (Å²) >= 11 is 0. The van der Waals surface area contributed by atoms with Crippen molar-refractivity contribution < 1.29 is 8.42 Å². The topological polar surface area (TPSA) is 63.4 Å². The van der Waals surface area contributed by atoms with Crippen molar-refractivity contribution in [3.05, 3.63) is 29.8 Å². The zero-order valence-electron chi connectivity index (χ0n) is 11.7. The maximum atomic E-state index is 12.8. The highest BCUT2D eigenvalue weighted by Gasteiger charge is 2.41. The molecule has 110 valence electrons. The van der Waals surface area contributed by atoms with Crippen molar-refractivity contribution in [2.45, 2.75) is 49.6 Å². The molecule has 1 aromatic rings. The first kappa shape index (κ1) is 14.0. The van der Waals surface area contributed by atoms with Crippen LogP contribution < -0.4 is 5.73 Å². The van der Waals surface area contributed by atoms with Crippen molar-refractivity contribution in [2.75, 3.05) is 6.54 Å². The Labute approximate surface area is 121 Å². The molecular formula is C15H22N2O2S. The molecule has 0 amide bonds. The van der Waals surface area contributed by atoms with Crippen LogP contribution in [0.25, 0.3) is 0 Å². The van der Waals surface area contributed by atoms with E-state index >= 15 is 0 Å². The molecule has 1 aliphatic heterocycles. The van der Waals surface area contributed by atoms with Crippen molar-refractivity contribution in [3.8, 4) is 0 Å². The molecule has 2 atom stereocenters. The van der Waals surface area contributed by atoms with E-state index in [1.165, 1.54) is 12.8 Å². The summed E-state index contributed by atoms with van der Waals surface area (Å²) in [5.74, 6) is 0.571. The summed E-state index contributed by atoms with van der Waals surface area (Å²) in [5.41, 5.74) is 6.52. The van der Waals surface area contributed by atoms with Crippen molar-refractivity contribution in [1.29, 1.82) is 0 Å². The first-order valence-electron chi connectivity index (χ1n) is 7.44. The Morgan fingerprint density at radius 1 is 1.10 bits per heavy atom. The van der Waals surface area contributed by atoms with Gasteiger partial charge in [0.15, 0.2) is 0 Å². The predicted molar refractivity (Wildman–Crippen MR) is 78.6 cm³/mol. The van der Waals surface area contributed by atoms with Crippen LogP contribution in [0.4, 0.5) is 0 Å². The highest BCUT2D eigenvalue weighted by atomic mass is 32.2. The molecule has 5 heteroatoms. The van der Waals surface area contributed by atoms with Crippen LogP contribution in [-0.4, -0.2) is 25.3 Å². The molecule has 1 saturated heterocycles. The minimum Gasteiger partial charge on any atom is -0.326 e. The first-order valence-corrected chi connectivity index (χ1v) is 8.88. The molecule has 4 nitrogen and oxygen atoms in total. The minimum atomic E-state index is -3.35. The summed E-state index contributed by atoms with van der Waals surface area (Å²) in [4.78, 5) is 0.405. The van der Waals surface area contributed by atoms with Gasteiger partial charge in [0, 0.05) is 19.1 Å². The van der Waals surface area contributed by atoms with Crippen LogP contribution in [0.1, 0.15) is 37.7 Å². The Bertz CT molecular complexity index is 568. The molecule has 0 aromatic heterocycles. The van der Waals surface area contributed by atoms with Gasteiger partial charge < -0.3 is 5.73 Å². The van der Waals surface area contributed by atoms with E-state index in [-0.39, 0.29) is 6.04 Å². The third kappa shape index (κ3) is 2.38. The van der Waals surface area contributed by atoms with Crippen LogP contribution in [0.2, 0.25) is 0 Å². The molecule has 2 N–H and O–H groups in total. The number of hydrogen-bond acceptors (Lipinski definition) is 3. The van der Waals surface area contributed by atoms with E-state index in [0.717, 1.165) is 24.8 Å². The lowest BCUT2D eigenvalue weighted by atomic mass is 9.94. The molecule has 1 aliphatic carbocycles. The van der Waals surface area contributed by atoms with Gasteiger partial charge in [-0.05, 0) is 49.3 Å². The number of benzene rings is 1. The van der Waals surface area contributed by atoms with Gasteiger partial charge >= 0.3 is 0 Å². The van der Waals surface area contributed by atoms with Gasteiger partial charge in [-0.2, -0.15) is 4.31 Å². The van der Waals surface area contributed by atoms with Gasteiger partial charge in [0.2, 0.25) is 10.0 Å². The summed E-state index contributed by atoms with van der Waals surface area (Å²) < 4.78 is 27.4. The zero-order chi connectivity index (χ0) is 14.2. The van der Waals surface area contributed by atoms with Crippen LogP contribution in [-0.2, 0) is 16.6 Å². The number of sulfonamides is 1. The van der Waals surface area contributed by atoms with E-state index in [0.29, 0.717) is 23.9 Å². The maximum Gasteiger partial charge on any atom is 0.243 e. The largest absolute Gasteiger partial charge is 0.326 e. The fourth-order valence-electron chi connectivity index (χ4n) is 3.64. The van der Waals surface area contributed by atoms with Crippen molar-refractivity contribution in [2.24, 2.45) is 11.7 Å². The van der Waals surface area contributed by atoms with E-state index in [4.69, 9.17) is 5.73 Å². The Morgan fingerprint density at radius 3 is 2.50 bits per heavy atom. The first-order chi connectivity index (χ1) is 9.63. The van der Waals surface area contributed by atoms with Crippen LogP contribution in [0.3, 0.4) is 0 Å². The van der Waals surface area contributed by atoms with Crippen LogP contribution in [0, 0.1) is 5.92 Å². The second kappa shape index (κ2) is 5.47. The Kier molecular flexibility index (Phi) is 3.84. The number of nitrogens with two attached hydrogens (primary N) is 1. The lowest BCUT2D eigenvalue weighted by Gasteiger charge is -2.36. The third-order valence-electron chi connectivity index (χ3n) is 4.71. The van der Waals surface area contributed by atoms with Crippen LogP contribution in [0.15, 0.2) is 29.2 Å². The lowest BCUT2D eigenvalue weighted by molar-refractivity contribution is 0.202. The van der Waals surface area contributed by atoms with E-state index in [2.05, 4.69) is 0 Å². The number of rotatable bonds is 3. The molecule has 1 saturated carbocycles. The van der Waals surface area contributed by atoms with Gasteiger partial charge in [-0.25, -0.2) is 8.42 Å². The Hall–Kier alpha value is -0.910. The third-order valence-corrected chi connectivity index (χ3v) is 6.65. The fourth-order valence-corrected chi connectivity index (χ4v) is 5.39. The molecule has 1 heterocycles. The lowest BCUT2D eigenvalue weighted by Crippen LogP contribution is -2.46. The van der Waals surface area contributed by atoms with Crippen molar-refractivity contribution >= 4 is 10.0 Å². The highest BCUT2D eigenvalue weighted by Crippen LogP contribution is 2.39. The molecular weight excluding hydrogens is 272 g/mol. The minimum absolute atomic E-state index is 0.225. The molecule has 0 spiro atoms. The maximum absolute atomic E-state index is 12.8. The SMILES string of the molecule is NCc1ccc(S(=O)(=O)N2CCCC3CCCC32)cc1. The van der Waals surface area contributed by atoms with Crippen molar-refractivity contribution in [1.82, 2.24) is 4.31 Å². The second-order valence-corrected chi connectivity index (χ2v) is 7.75. The second-order valence-electron chi connectivity index (χ2n) is 5.86. The standard InChI is InChI=1S/C15H22N2O2S/c16-11-12-6-8-14(9-7-12)20(18,19)17-10-2-4-13-3-1-5-15(13)17/h6-9,13,15H,1-5,10-11,16H2. The van der Waals surface area contributed by atoms with E-state index < -0.39 is 10.0 Å².